The van der Waals surface area contributed by atoms with Crippen LogP contribution in [0.4, 0.5) is 0 Å². The van der Waals surface area contributed by atoms with Gasteiger partial charge in [-0.3, -0.25) is 0 Å². The fourth-order valence-corrected chi connectivity index (χ4v) is 2.72. The molecule has 1 aliphatic heterocycles. The Morgan fingerprint density at radius 3 is 2.71 bits per heavy atom. The largest absolute Gasteiger partial charge is 0.618 e. The van der Waals surface area contributed by atoms with Crippen LogP contribution < -0.4 is 10.0 Å². The molecule has 3 heteroatoms. The highest BCUT2D eigenvalue weighted by Crippen LogP contribution is 2.29. The molecule has 88 valence electrons. The van der Waals surface area contributed by atoms with Gasteiger partial charge in [0.2, 0.25) is 5.52 Å². The Kier molecular flexibility index (Phi) is 2.69. The maximum absolute atomic E-state index is 11.7. The number of pyridine rings is 1. The van der Waals surface area contributed by atoms with E-state index in [2.05, 4.69) is 11.4 Å². The molecule has 1 fully saturated rings. The second kappa shape index (κ2) is 4.34. The average Bonchev–Trinajstić information content (AvgIpc) is 2.41. The van der Waals surface area contributed by atoms with Gasteiger partial charge in [-0.15, -0.1) is 0 Å². The van der Waals surface area contributed by atoms with Crippen LogP contribution >= 0.6 is 0 Å². The highest BCUT2D eigenvalue weighted by Gasteiger charge is 2.19. The van der Waals surface area contributed by atoms with Gasteiger partial charge in [-0.25, -0.2) is 0 Å². The summed E-state index contributed by atoms with van der Waals surface area (Å²) in [5, 5.41) is 16.2. The smallest absolute Gasteiger partial charge is 0.224 e. The third-order valence-electron chi connectivity index (χ3n) is 3.62. The highest BCUT2D eigenvalue weighted by molar-refractivity contribution is 5.79. The van der Waals surface area contributed by atoms with Crippen molar-refractivity contribution in [3.63, 3.8) is 0 Å². The molecule has 1 aromatic carbocycles. The highest BCUT2D eigenvalue weighted by atomic mass is 16.5. The minimum absolute atomic E-state index is 0.586. The van der Waals surface area contributed by atoms with E-state index in [9.17, 15) is 5.21 Å². The Morgan fingerprint density at radius 2 is 1.88 bits per heavy atom. The van der Waals surface area contributed by atoms with Crippen molar-refractivity contribution < 1.29 is 4.73 Å². The van der Waals surface area contributed by atoms with Crippen LogP contribution in [0.2, 0.25) is 0 Å². The molecule has 0 unspecified atom stereocenters. The number of para-hydroxylation sites is 1. The lowest BCUT2D eigenvalue weighted by Crippen LogP contribution is -2.29. The standard InChI is InChI=1S/C14H16N2O/c17-16-10-7-12(11-5-8-15-9-6-11)13-3-1-2-4-14(13)16/h1-4,7,10-11,15H,5-6,8-9H2. The van der Waals surface area contributed by atoms with E-state index >= 15 is 0 Å². The van der Waals surface area contributed by atoms with Gasteiger partial charge < -0.3 is 10.5 Å². The first-order valence-corrected chi connectivity index (χ1v) is 6.18. The van der Waals surface area contributed by atoms with Gasteiger partial charge in [-0.2, -0.15) is 4.73 Å². The minimum Gasteiger partial charge on any atom is -0.618 e. The second-order valence-corrected chi connectivity index (χ2v) is 4.64. The summed E-state index contributed by atoms with van der Waals surface area (Å²) < 4.78 is 0.958. The number of piperidine rings is 1. The summed E-state index contributed by atoms with van der Waals surface area (Å²) in [4.78, 5) is 0. The Balaban J connectivity index is 2.12. The number of nitrogens with zero attached hydrogens (tertiary/aromatic N) is 1. The summed E-state index contributed by atoms with van der Waals surface area (Å²) in [5.41, 5.74) is 2.11. The molecule has 0 atom stereocenters. The zero-order valence-electron chi connectivity index (χ0n) is 9.73. The fraction of sp³-hybridized carbons (Fsp3) is 0.357. The number of benzene rings is 1. The SMILES string of the molecule is [O-][n+]1ccc(C2CCNCC2)c2ccccc21. The summed E-state index contributed by atoms with van der Waals surface area (Å²) in [5.74, 6) is 0.586. The van der Waals surface area contributed by atoms with E-state index in [1.165, 1.54) is 5.56 Å². The van der Waals surface area contributed by atoms with E-state index in [0.717, 1.165) is 41.6 Å². The van der Waals surface area contributed by atoms with Crippen LogP contribution in [0, 0.1) is 5.21 Å². The predicted octanol–water partition coefficient (Wildman–Crippen LogP) is 1.94. The van der Waals surface area contributed by atoms with Crippen molar-refractivity contribution in [3.05, 3.63) is 47.3 Å². The van der Waals surface area contributed by atoms with E-state index < -0.39 is 0 Å². The quantitative estimate of drug-likeness (QED) is 0.598. The molecule has 0 aliphatic carbocycles. The van der Waals surface area contributed by atoms with Gasteiger partial charge in [0.25, 0.3) is 0 Å². The van der Waals surface area contributed by atoms with Gasteiger partial charge in [0.1, 0.15) is 0 Å². The molecule has 0 saturated carbocycles. The van der Waals surface area contributed by atoms with Crippen molar-refractivity contribution in [2.24, 2.45) is 0 Å². The number of aromatic nitrogens is 1. The van der Waals surface area contributed by atoms with Crippen molar-refractivity contribution in [3.8, 4) is 0 Å². The molecular weight excluding hydrogens is 212 g/mol. The predicted molar refractivity (Wildman–Crippen MR) is 67.8 cm³/mol. The van der Waals surface area contributed by atoms with Crippen LogP contribution in [0.1, 0.15) is 24.3 Å². The van der Waals surface area contributed by atoms with Crippen molar-refractivity contribution >= 4 is 10.9 Å². The van der Waals surface area contributed by atoms with Crippen molar-refractivity contribution in [1.82, 2.24) is 5.32 Å². The molecule has 1 saturated heterocycles. The Labute approximate surface area is 101 Å². The van der Waals surface area contributed by atoms with Crippen LogP contribution in [0.3, 0.4) is 0 Å². The summed E-state index contributed by atoms with van der Waals surface area (Å²) in [6, 6.07) is 9.87. The molecule has 0 amide bonds. The lowest BCUT2D eigenvalue weighted by Gasteiger charge is -2.23. The number of rotatable bonds is 1. The Bertz CT molecular complexity index is 533. The lowest BCUT2D eigenvalue weighted by atomic mass is 9.88. The summed E-state index contributed by atoms with van der Waals surface area (Å²) in [6.45, 7) is 2.15. The maximum Gasteiger partial charge on any atom is 0.224 e. The molecule has 3 rings (SSSR count). The van der Waals surface area contributed by atoms with Gasteiger partial charge in [-0.1, -0.05) is 12.1 Å². The van der Waals surface area contributed by atoms with Gasteiger partial charge in [0.15, 0.2) is 6.20 Å². The van der Waals surface area contributed by atoms with Crippen LogP contribution in [-0.2, 0) is 0 Å². The summed E-state index contributed by atoms with van der Waals surface area (Å²) in [7, 11) is 0. The fourth-order valence-electron chi connectivity index (χ4n) is 2.72. The third-order valence-corrected chi connectivity index (χ3v) is 3.62. The van der Waals surface area contributed by atoms with Crippen molar-refractivity contribution in [1.29, 1.82) is 0 Å². The molecule has 2 heterocycles. The number of hydrogen-bond acceptors (Lipinski definition) is 2. The maximum atomic E-state index is 11.7. The van der Waals surface area contributed by atoms with Gasteiger partial charge in [0.05, 0.1) is 5.39 Å². The third kappa shape index (κ3) is 1.87. The normalized spacial score (nSPS) is 17.4. The zero-order chi connectivity index (χ0) is 11.7. The zero-order valence-corrected chi connectivity index (χ0v) is 9.73. The van der Waals surface area contributed by atoms with E-state index in [0.29, 0.717) is 5.92 Å². The molecule has 17 heavy (non-hydrogen) atoms. The molecule has 1 aromatic heterocycles. The molecule has 0 bridgehead atoms. The lowest BCUT2D eigenvalue weighted by molar-refractivity contribution is -0.577. The molecule has 2 aromatic rings. The summed E-state index contributed by atoms with van der Waals surface area (Å²) in [6.07, 6.45) is 3.96. The first-order chi connectivity index (χ1) is 8.36. The van der Waals surface area contributed by atoms with Gasteiger partial charge in [-0.05, 0) is 43.5 Å². The Morgan fingerprint density at radius 1 is 1.12 bits per heavy atom. The van der Waals surface area contributed by atoms with Crippen molar-refractivity contribution in [2.45, 2.75) is 18.8 Å². The van der Waals surface area contributed by atoms with Crippen molar-refractivity contribution in [2.75, 3.05) is 13.1 Å². The molecule has 0 radical (unpaired) electrons. The topological polar surface area (TPSA) is 39.0 Å². The molecule has 1 N–H and O–H groups in total. The first-order valence-electron chi connectivity index (χ1n) is 6.18. The average molecular weight is 228 g/mol. The minimum atomic E-state index is 0.586. The summed E-state index contributed by atoms with van der Waals surface area (Å²) >= 11 is 0. The molecule has 3 nitrogen and oxygen atoms in total. The Hall–Kier alpha value is -1.61. The van der Waals surface area contributed by atoms with E-state index in [1.807, 2.05) is 24.3 Å². The van der Waals surface area contributed by atoms with Crippen LogP contribution in [-0.4, -0.2) is 13.1 Å². The van der Waals surface area contributed by atoms with Gasteiger partial charge in [0, 0.05) is 12.1 Å². The molecular formula is C14H16N2O. The molecule has 0 spiro atoms. The van der Waals surface area contributed by atoms with Gasteiger partial charge >= 0.3 is 0 Å². The van der Waals surface area contributed by atoms with E-state index in [-0.39, 0.29) is 0 Å². The molecule has 1 aliphatic rings. The van der Waals surface area contributed by atoms with E-state index in [4.69, 9.17) is 0 Å². The number of hydrogen-bond donors (Lipinski definition) is 1. The number of nitrogens with one attached hydrogen (secondary N) is 1. The first kappa shape index (κ1) is 10.5. The monoisotopic (exact) mass is 228 g/mol. The van der Waals surface area contributed by atoms with Crippen LogP contribution in [0.5, 0.6) is 0 Å². The number of fused-ring (bicyclic) bond motifs is 1. The van der Waals surface area contributed by atoms with Crippen LogP contribution in [0.15, 0.2) is 36.5 Å². The van der Waals surface area contributed by atoms with Crippen LogP contribution in [0.25, 0.3) is 10.9 Å². The second-order valence-electron chi connectivity index (χ2n) is 4.64. The van der Waals surface area contributed by atoms with E-state index in [1.54, 1.807) is 6.20 Å².